The number of nitrogens with one attached hydrogen (secondary N) is 2. The van der Waals surface area contributed by atoms with Crippen molar-refractivity contribution in [3.63, 3.8) is 0 Å². The second-order valence-electron chi connectivity index (χ2n) is 3.58. The summed E-state index contributed by atoms with van der Waals surface area (Å²) in [5, 5.41) is 8.34. The number of hydrogen-bond acceptors (Lipinski definition) is 3. The summed E-state index contributed by atoms with van der Waals surface area (Å²) in [5.74, 6) is 0. The Morgan fingerprint density at radius 2 is 1.88 bits per heavy atom. The zero-order valence-electron chi connectivity index (χ0n) is 9.37. The number of aldehydes is 1. The molecule has 0 spiro atoms. The molecule has 0 aromatic heterocycles. The highest BCUT2D eigenvalue weighted by atomic mass is 16.1. The van der Waals surface area contributed by atoms with Crippen LogP contribution in [0.4, 0.5) is 11.4 Å². The Balaban J connectivity index is 2.73. The van der Waals surface area contributed by atoms with E-state index in [1.807, 2.05) is 38.4 Å². The first kappa shape index (κ1) is 10.5. The first-order valence-corrected chi connectivity index (χ1v) is 5.17. The number of carbonyl (C=O) groups is 1. The number of fused-ring (bicyclic) bond motifs is 1. The van der Waals surface area contributed by atoms with E-state index in [-0.39, 0.29) is 0 Å². The topological polar surface area (TPSA) is 41.1 Å². The van der Waals surface area contributed by atoms with E-state index in [9.17, 15) is 4.79 Å². The van der Waals surface area contributed by atoms with E-state index in [4.69, 9.17) is 0 Å². The van der Waals surface area contributed by atoms with Crippen molar-refractivity contribution in [3.8, 4) is 0 Å². The molecule has 0 saturated heterocycles. The van der Waals surface area contributed by atoms with Gasteiger partial charge in [0.25, 0.3) is 0 Å². The molecule has 2 aromatic rings. The van der Waals surface area contributed by atoms with E-state index in [0.717, 1.165) is 28.4 Å². The summed E-state index contributed by atoms with van der Waals surface area (Å²) in [5.41, 5.74) is 2.63. The van der Waals surface area contributed by atoms with Crippen molar-refractivity contribution in [1.82, 2.24) is 0 Å². The van der Waals surface area contributed by atoms with Crippen LogP contribution in [0.2, 0.25) is 0 Å². The number of rotatable bonds is 3. The second kappa shape index (κ2) is 4.23. The molecule has 0 aliphatic rings. The lowest BCUT2D eigenvalue weighted by Gasteiger charge is -2.10. The molecular formula is C13H14N2O. The molecule has 3 nitrogen and oxygen atoms in total. The molecule has 0 unspecified atom stereocenters. The minimum atomic E-state index is 0.687. The van der Waals surface area contributed by atoms with Crippen LogP contribution in [0.1, 0.15) is 10.4 Å². The monoisotopic (exact) mass is 214 g/mol. The molecule has 2 N–H and O–H groups in total. The zero-order valence-corrected chi connectivity index (χ0v) is 9.37. The Labute approximate surface area is 94.5 Å². The van der Waals surface area contributed by atoms with Gasteiger partial charge in [0.2, 0.25) is 0 Å². The number of hydrogen-bond donors (Lipinski definition) is 2. The Hall–Kier alpha value is -2.03. The van der Waals surface area contributed by atoms with E-state index in [1.165, 1.54) is 0 Å². The first-order chi connectivity index (χ1) is 7.80. The zero-order chi connectivity index (χ0) is 11.5. The summed E-state index contributed by atoms with van der Waals surface area (Å²) in [6, 6.07) is 9.86. The summed E-state index contributed by atoms with van der Waals surface area (Å²) in [6.45, 7) is 0. The smallest absolute Gasteiger partial charge is 0.152 e. The normalized spacial score (nSPS) is 10.1. The van der Waals surface area contributed by atoms with Gasteiger partial charge in [-0.25, -0.2) is 0 Å². The molecule has 0 atom stereocenters. The molecule has 0 saturated carbocycles. The largest absolute Gasteiger partial charge is 0.388 e. The summed E-state index contributed by atoms with van der Waals surface area (Å²) >= 11 is 0. The van der Waals surface area contributed by atoms with Crippen molar-refractivity contribution in [2.24, 2.45) is 0 Å². The summed E-state index contributed by atoms with van der Waals surface area (Å²) in [4.78, 5) is 10.9. The summed E-state index contributed by atoms with van der Waals surface area (Å²) < 4.78 is 0. The fourth-order valence-electron chi connectivity index (χ4n) is 1.88. The van der Waals surface area contributed by atoms with Crippen molar-refractivity contribution in [1.29, 1.82) is 0 Å². The van der Waals surface area contributed by atoms with Crippen molar-refractivity contribution in [2.45, 2.75) is 0 Å². The first-order valence-electron chi connectivity index (χ1n) is 5.17. The van der Waals surface area contributed by atoms with E-state index >= 15 is 0 Å². The molecule has 0 amide bonds. The van der Waals surface area contributed by atoms with Crippen molar-refractivity contribution in [3.05, 3.63) is 35.9 Å². The predicted octanol–water partition coefficient (Wildman–Crippen LogP) is 2.74. The maximum atomic E-state index is 10.9. The fourth-order valence-corrected chi connectivity index (χ4v) is 1.88. The van der Waals surface area contributed by atoms with Gasteiger partial charge in [-0.3, -0.25) is 4.79 Å². The van der Waals surface area contributed by atoms with E-state index < -0.39 is 0 Å². The molecule has 0 aliphatic heterocycles. The van der Waals surface area contributed by atoms with Crippen LogP contribution in [0.5, 0.6) is 0 Å². The van der Waals surface area contributed by atoms with Gasteiger partial charge in [-0.2, -0.15) is 0 Å². The molecule has 82 valence electrons. The maximum Gasteiger partial charge on any atom is 0.152 e. The quantitative estimate of drug-likeness (QED) is 0.772. The Morgan fingerprint density at radius 1 is 1.06 bits per heavy atom. The predicted molar refractivity (Wildman–Crippen MR) is 68.4 cm³/mol. The molecule has 3 heteroatoms. The molecule has 0 bridgehead atoms. The van der Waals surface area contributed by atoms with Crippen LogP contribution in [0.25, 0.3) is 10.8 Å². The van der Waals surface area contributed by atoms with Gasteiger partial charge in [0.1, 0.15) is 0 Å². The Kier molecular flexibility index (Phi) is 2.77. The summed E-state index contributed by atoms with van der Waals surface area (Å²) in [6.07, 6.45) is 0.872. The number of anilines is 2. The molecule has 0 radical (unpaired) electrons. The standard InChI is InChI=1S/C13H14N2O/c1-14-11-5-6-12-9(7-11)3-4-10(8-16)13(12)15-2/h3-8,14-15H,1-2H3. The highest BCUT2D eigenvalue weighted by Gasteiger charge is 2.05. The van der Waals surface area contributed by atoms with Crippen molar-refractivity contribution in [2.75, 3.05) is 24.7 Å². The van der Waals surface area contributed by atoms with Gasteiger partial charge in [-0.15, -0.1) is 0 Å². The molecule has 0 heterocycles. The second-order valence-corrected chi connectivity index (χ2v) is 3.58. The van der Waals surface area contributed by atoms with Crippen molar-refractivity contribution >= 4 is 28.4 Å². The lowest BCUT2D eigenvalue weighted by atomic mass is 10.0. The lowest BCUT2D eigenvalue weighted by molar-refractivity contribution is 0.112. The SMILES string of the molecule is CNc1ccc2c(NC)c(C=O)ccc2c1. The third-order valence-corrected chi connectivity index (χ3v) is 2.72. The summed E-state index contributed by atoms with van der Waals surface area (Å²) in [7, 11) is 3.72. The Morgan fingerprint density at radius 3 is 2.50 bits per heavy atom. The molecule has 0 fully saturated rings. The molecular weight excluding hydrogens is 200 g/mol. The third kappa shape index (κ3) is 1.60. The average molecular weight is 214 g/mol. The van der Waals surface area contributed by atoms with Crippen LogP contribution >= 0.6 is 0 Å². The van der Waals surface area contributed by atoms with Gasteiger partial charge in [-0.1, -0.05) is 12.1 Å². The fraction of sp³-hybridized carbons (Fsp3) is 0.154. The maximum absolute atomic E-state index is 10.9. The minimum Gasteiger partial charge on any atom is -0.388 e. The lowest BCUT2D eigenvalue weighted by Crippen LogP contribution is -1.96. The molecule has 0 aliphatic carbocycles. The highest BCUT2D eigenvalue weighted by Crippen LogP contribution is 2.28. The van der Waals surface area contributed by atoms with Gasteiger partial charge in [0.15, 0.2) is 6.29 Å². The van der Waals surface area contributed by atoms with Crippen LogP contribution in [0.3, 0.4) is 0 Å². The van der Waals surface area contributed by atoms with Gasteiger partial charge in [0.05, 0.1) is 5.69 Å². The van der Waals surface area contributed by atoms with Gasteiger partial charge < -0.3 is 10.6 Å². The van der Waals surface area contributed by atoms with Crippen LogP contribution in [-0.4, -0.2) is 20.4 Å². The molecule has 16 heavy (non-hydrogen) atoms. The van der Waals surface area contributed by atoms with Crippen LogP contribution < -0.4 is 10.6 Å². The minimum absolute atomic E-state index is 0.687. The van der Waals surface area contributed by atoms with Gasteiger partial charge in [-0.05, 0) is 23.6 Å². The van der Waals surface area contributed by atoms with Crippen molar-refractivity contribution < 1.29 is 4.79 Å². The Bertz CT molecular complexity index is 535. The molecule has 2 rings (SSSR count). The number of carbonyl (C=O) groups excluding carboxylic acids is 1. The van der Waals surface area contributed by atoms with E-state index in [0.29, 0.717) is 5.56 Å². The van der Waals surface area contributed by atoms with Crippen LogP contribution in [-0.2, 0) is 0 Å². The number of benzene rings is 2. The van der Waals surface area contributed by atoms with Gasteiger partial charge >= 0.3 is 0 Å². The third-order valence-electron chi connectivity index (χ3n) is 2.72. The molecule has 2 aromatic carbocycles. The van der Waals surface area contributed by atoms with Gasteiger partial charge in [0, 0.05) is 30.7 Å². The van der Waals surface area contributed by atoms with Crippen LogP contribution in [0, 0.1) is 0 Å². The van der Waals surface area contributed by atoms with E-state index in [2.05, 4.69) is 16.7 Å². The van der Waals surface area contributed by atoms with Crippen LogP contribution in [0.15, 0.2) is 30.3 Å². The highest BCUT2D eigenvalue weighted by molar-refractivity contribution is 6.03. The van der Waals surface area contributed by atoms with E-state index in [1.54, 1.807) is 0 Å². The average Bonchev–Trinajstić information content (AvgIpc) is 2.36.